The highest BCUT2D eigenvalue weighted by Crippen LogP contribution is 2.25. The second-order valence-corrected chi connectivity index (χ2v) is 4.84. The Morgan fingerprint density at radius 1 is 1.28 bits per heavy atom. The lowest BCUT2D eigenvalue weighted by Gasteiger charge is -2.35. The van der Waals surface area contributed by atoms with Gasteiger partial charge in [-0.05, 0) is 25.2 Å². The Hall–Kier alpha value is -1.55. The second-order valence-electron chi connectivity index (χ2n) is 4.84. The van der Waals surface area contributed by atoms with E-state index >= 15 is 0 Å². The van der Waals surface area contributed by atoms with Crippen LogP contribution in [0.2, 0.25) is 0 Å². The first-order valence-electron chi connectivity index (χ1n) is 6.48. The number of nitrogens with two attached hydrogens (primary N) is 1. The van der Waals surface area contributed by atoms with Crippen LogP contribution in [-0.2, 0) is 0 Å². The fourth-order valence-electron chi connectivity index (χ4n) is 2.29. The predicted molar refractivity (Wildman–Crippen MR) is 75.2 cm³/mol. The fraction of sp³-hybridized carbons (Fsp3) is 0.500. The quantitative estimate of drug-likeness (QED) is 0.651. The molecule has 1 aromatic carbocycles. The smallest absolute Gasteiger partial charge is 0.164 e. The van der Waals surface area contributed by atoms with Crippen molar-refractivity contribution < 1.29 is 4.79 Å². The van der Waals surface area contributed by atoms with Crippen molar-refractivity contribution in [2.45, 2.75) is 13.3 Å². The number of piperazine rings is 1. The van der Waals surface area contributed by atoms with E-state index in [1.165, 1.54) is 0 Å². The van der Waals surface area contributed by atoms with E-state index in [1.807, 2.05) is 19.1 Å². The zero-order chi connectivity index (χ0) is 13.1. The number of nitrogens with zero attached hydrogens (tertiary/aromatic N) is 2. The molecule has 1 aliphatic rings. The Morgan fingerprint density at radius 3 is 2.56 bits per heavy atom. The molecule has 0 amide bonds. The number of carbonyl (C=O) groups excluding carboxylic acids is 1. The summed E-state index contributed by atoms with van der Waals surface area (Å²) in [6.45, 7) is 5.88. The zero-order valence-electron chi connectivity index (χ0n) is 11.1. The largest absolute Gasteiger partial charge is 0.399 e. The summed E-state index contributed by atoms with van der Waals surface area (Å²) in [5.41, 5.74) is 8.25. The molecule has 0 aliphatic carbocycles. The van der Waals surface area contributed by atoms with Gasteiger partial charge >= 0.3 is 0 Å². The molecule has 4 heteroatoms. The maximum absolute atomic E-state index is 12.0. The minimum atomic E-state index is 0.163. The number of rotatable bonds is 3. The molecule has 0 radical (unpaired) electrons. The monoisotopic (exact) mass is 247 g/mol. The van der Waals surface area contributed by atoms with Crippen LogP contribution in [0.3, 0.4) is 0 Å². The van der Waals surface area contributed by atoms with Crippen molar-refractivity contribution in [3.63, 3.8) is 0 Å². The summed E-state index contributed by atoms with van der Waals surface area (Å²) in [6, 6.07) is 5.66. The number of hydrogen-bond acceptors (Lipinski definition) is 4. The Balaban J connectivity index is 2.29. The summed E-state index contributed by atoms with van der Waals surface area (Å²) in [5.74, 6) is 0.163. The van der Waals surface area contributed by atoms with Crippen molar-refractivity contribution in [1.29, 1.82) is 0 Å². The lowest BCUT2D eigenvalue weighted by molar-refractivity contribution is 0.0988. The molecule has 0 unspecified atom stereocenters. The molecule has 1 aromatic rings. The van der Waals surface area contributed by atoms with Crippen molar-refractivity contribution >= 4 is 17.2 Å². The van der Waals surface area contributed by atoms with Gasteiger partial charge in [0, 0.05) is 49.5 Å². The van der Waals surface area contributed by atoms with E-state index in [-0.39, 0.29) is 5.78 Å². The lowest BCUT2D eigenvalue weighted by atomic mass is 10.0. The number of Topliss-reactive ketones (excluding diaryl/α,β-unsaturated/α-hetero) is 1. The summed E-state index contributed by atoms with van der Waals surface area (Å²) in [5, 5.41) is 0. The minimum Gasteiger partial charge on any atom is -0.399 e. The van der Waals surface area contributed by atoms with Crippen LogP contribution >= 0.6 is 0 Å². The van der Waals surface area contributed by atoms with Crippen LogP contribution in [0.5, 0.6) is 0 Å². The van der Waals surface area contributed by atoms with E-state index < -0.39 is 0 Å². The van der Waals surface area contributed by atoms with E-state index in [2.05, 4.69) is 16.8 Å². The third-order valence-corrected chi connectivity index (χ3v) is 3.49. The summed E-state index contributed by atoms with van der Waals surface area (Å²) in [7, 11) is 2.12. The minimum absolute atomic E-state index is 0.163. The van der Waals surface area contributed by atoms with Gasteiger partial charge in [-0.15, -0.1) is 0 Å². The van der Waals surface area contributed by atoms with Gasteiger partial charge in [0.25, 0.3) is 0 Å². The van der Waals surface area contributed by atoms with E-state index in [0.29, 0.717) is 12.1 Å². The van der Waals surface area contributed by atoms with Gasteiger partial charge in [-0.25, -0.2) is 0 Å². The number of likely N-dealkylation sites (N-methyl/N-ethyl adjacent to an activating group) is 1. The van der Waals surface area contributed by atoms with E-state index in [4.69, 9.17) is 5.73 Å². The van der Waals surface area contributed by atoms with E-state index in [9.17, 15) is 4.79 Å². The van der Waals surface area contributed by atoms with Gasteiger partial charge in [-0.1, -0.05) is 6.92 Å². The van der Waals surface area contributed by atoms with Crippen molar-refractivity contribution in [1.82, 2.24) is 4.90 Å². The third-order valence-electron chi connectivity index (χ3n) is 3.49. The van der Waals surface area contributed by atoms with Crippen LogP contribution in [0.4, 0.5) is 11.4 Å². The second kappa shape index (κ2) is 5.40. The summed E-state index contributed by atoms with van der Waals surface area (Å²) in [6.07, 6.45) is 0.518. The standard InChI is InChI=1S/C14H21N3O/c1-3-14(18)12-10-11(15)4-5-13(12)17-8-6-16(2)7-9-17/h4-5,10H,3,6-9,15H2,1-2H3. The predicted octanol–water partition coefficient (Wildman–Crippen LogP) is 1.61. The molecule has 1 aliphatic heterocycles. The van der Waals surface area contributed by atoms with Gasteiger partial charge in [-0.2, -0.15) is 0 Å². The first-order valence-corrected chi connectivity index (χ1v) is 6.48. The Morgan fingerprint density at radius 2 is 1.94 bits per heavy atom. The molecule has 0 aromatic heterocycles. The van der Waals surface area contributed by atoms with Crippen LogP contribution in [0, 0.1) is 0 Å². The maximum atomic E-state index is 12.0. The summed E-state index contributed by atoms with van der Waals surface area (Å²) >= 11 is 0. The topological polar surface area (TPSA) is 49.6 Å². The molecule has 2 rings (SSSR count). The summed E-state index contributed by atoms with van der Waals surface area (Å²) in [4.78, 5) is 16.6. The molecule has 18 heavy (non-hydrogen) atoms. The maximum Gasteiger partial charge on any atom is 0.164 e. The Kier molecular flexibility index (Phi) is 3.87. The number of hydrogen-bond donors (Lipinski definition) is 1. The molecule has 0 spiro atoms. The average Bonchev–Trinajstić information content (AvgIpc) is 2.39. The van der Waals surface area contributed by atoms with Crippen molar-refractivity contribution in [3.05, 3.63) is 23.8 Å². The third kappa shape index (κ3) is 2.64. The number of anilines is 2. The van der Waals surface area contributed by atoms with Gasteiger partial charge in [0.2, 0.25) is 0 Å². The van der Waals surface area contributed by atoms with Crippen molar-refractivity contribution in [2.75, 3.05) is 43.9 Å². The molecule has 0 saturated carbocycles. The molecule has 0 atom stereocenters. The van der Waals surface area contributed by atoms with Crippen molar-refractivity contribution in [3.8, 4) is 0 Å². The van der Waals surface area contributed by atoms with Gasteiger partial charge in [0.15, 0.2) is 5.78 Å². The normalized spacial score (nSPS) is 16.9. The van der Waals surface area contributed by atoms with Gasteiger partial charge in [0.05, 0.1) is 0 Å². The van der Waals surface area contributed by atoms with Gasteiger partial charge in [-0.3, -0.25) is 4.79 Å². The molecule has 1 heterocycles. The van der Waals surface area contributed by atoms with Crippen LogP contribution in [0.15, 0.2) is 18.2 Å². The van der Waals surface area contributed by atoms with Crippen molar-refractivity contribution in [2.24, 2.45) is 0 Å². The number of nitrogen functional groups attached to an aromatic ring is 1. The summed E-state index contributed by atoms with van der Waals surface area (Å²) < 4.78 is 0. The Bertz CT molecular complexity index is 437. The lowest BCUT2D eigenvalue weighted by Crippen LogP contribution is -2.45. The highest BCUT2D eigenvalue weighted by molar-refractivity contribution is 6.02. The highest BCUT2D eigenvalue weighted by atomic mass is 16.1. The molecule has 98 valence electrons. The number of carbonyl (C=O) groups is 1. The molecule has 2 N–H and O–H groups in total. The SMILES string of the molecule is CCC(=O)c1cc(N)ccc1N1CCN(C)CC1. The molecule has 0 bridgehead atoms. The average molecular weight is 247 g/mol. The van der Waals surface area contributed by atoms with Crippen LogP contribution in [0.25, 0.3) is 0 Å². The van der Waals surface area contributed by atoms with Crippen LogP contribution < -0.4 is 10.6 Å². The van der Waals surface area contributed by atoms with Gasteiger partial charge < -0.3 is 15.5 Å². The Labute approximate surface area is 108 Å². The number of benzene rings is 1. The molecule has 1 saturated heterocycles. The first kappa shape index (κ1) is 12.9. The van der Waals surface area contributed by atoms with E-state index in [0.717, 1.165) is 37.4 Å². The van der Waals surface area contributed by atoms with Gasteiger partial charge in [0.1, 0.15) is 0 Å². The van der Waals surface area contributed by atoms with E-state index in [1.54, 1.807) is 6.07 Å². The zero-order valence-corrected chi connectivity index (χ0v) is 11.1. The molecule has 1 fully saturated rings. The van der Waals surface area contributed by atoms with Crippen LogP contribution in [-0.4, -0.2) is 43.9 Å². The molecular weight excluding hydrogens is 226 g/mol. The number of ketones is 1. The molecular formula is C14H21N3O. The fourth-order valence-corrected chi connectivity index (χ4v) is 2.29. The van der Waals surface area contributed by atoms with Crippen LogP contribution in [0.1, 0.15) is 23.7 Å². The molecule has 4 nitrogen and oxygen atoms in total. The highest BCUT2D eigenvalue weighted by Gasteiger charge is 2.19. The first-order chi connectivity index (χ1) is 8.61.